The molecule has 0 spiro atoms. The molecule has 1 aromatic carbocycles. The van der Waals surface area contributed by atoms with Crippen LogP contribution in [0.1, 0.15) is 5.56 Å². The highest BCUT2D eigenvalue weighted by molar-refractivity contribution is 7.90. The third-order valence-electron chi connectivity index (χ3n) is 2.26. The van der Waals surface area contributed by atoms with E-state index in [0.29, 0.717) is 10.0 Å². The van der Waals surface area contributed by atoms with Crippen LogP contribution in [0.25, 0.3) is 6.08 Å². The topological polar surface area (TPSA) is 75.3 Å². The molecule has 0 aliphatic rings. The molecule has 2 N–H and O–H groups in total. The number of hydrogen-bond donors (Lipinski definition) is 2. The SMILES string of the molecule is O=C(/C=C/c1ccc(Cl)c(Cl)c1)NCCNS(=O)(=O)CCl. The standard InChI is InChI=1S/C12H13Cl3N2O3S/c13-8-21(19,20)17-6-5-16-12(18)4-2-9-1-3-10(14)11(15)7-9/h1-4,7,17H,5-6,8H2,(H,16,18)/b4-2+. The highest BCUT2D eigenvalue weighted by Gasteiger charge is 2.06. The van der Waals surface area contributed by atoms with Gasteiger partial charge in [0.25, 0.3) is 0 Å². The molecule has 0 aromatic heterocycles. The molecule has 0 fully saturated rings. The number of alkyl halides is 1. The van der Waals surface area contributed by atoms with Gasteiger partial charge in [-0.05, 0) is 23.8 Å². The van der Waals surface area contributed by atoms with Crippen LogP contribution in [-0.2, 0) is 14.8 Å². The fourth-order valence-electron chi connectivity index (χ4n) is 1.28. The average Bonchev–Trinajstić information content (AvgIpc) is 2.45. The molecule has 0 atom stereocenters. The number of carbonyl (C=O) groups is 1. The van der Waals surface area contributed by atoms with Crippen LogP contribution in [0.5, 0.6) is 0 Å². The molecule has 116 valence electrons. The first kappa shape index (κ1) is 18.3. The number of benzene rings is 1. The molecule has 1 amide bonds. The number of hydrogen-bond acceptors (Lipinski definition) is 3. The maximum absolute atomic E-state index is 11.5. The van der Waals surface area contributed by atoms with Crippen LogP contribution in [0, 0.1) is 0 Å². The van der Waals surface area contributed by atoms with E-state index in [1.165, 1.54) is 6.08 Å². The molecular formula is C12H13Cl3N2O3S. The zero-order valence-corrected chi connectivity index (χ0v) is 13.9. The van der Waals surface area contributed by atoms with Crippen LogP contribution in [0.3, 0.4) is 0 Å². The first-order valence-corrected chi connectivity index (χ1v) is 8.72. The largest absolute Gasteiger partial charge is 0.351 e. The van der Waals surface area contributed by atoms with E-state index in [9.17, 15) is 13.2 Å². The third-order valence-corrected chi connectivity index (χ3v) is 4.79. The fraction of sp³-hybridized carbons (Fsp3) is 0.250. The summed E-state index contributed by atoms with van der Waals surface area (Å²) in [5.74, 6) is -0.355. The Morgan fingerprint density at radius 1 is 1.19 bits per heavy atom. The molecule has 0 bridgehead atoms. The van der Waals surface area contributed by atoms with Crippen LogP contribution in [0.15, 0.2) is 24.3 Å². The molecule has 1 rings (SSSR count). The predicted molar refractivity (Wildman–Crippen MR) is 86.1 cm³/mol. The Bertz CT molecular complexity index is 633. The molecule has 0 aliphatic heterocycles. The van der Waals surface area contributed by atoms with Gasteiger partial charge in [-0.2, -0.15) is 0 Å². The third kappa shape index (κ3) is 7.15. The average molecular weight is 372 g/mol. The second-order valence-electron chi connectivity index (χ2n) is 3.92. The molecule has 0 saturated carbocycles. The van der Waals surface area contributed by atoms with Gasteiger partial charge in [0.15, 0.2) is 0 Å². The highest BCUT2D eigenvalue weighted by atomic mass is 35.5. The van der Waals surface area contributed by atoms with Crippen LogP contribution in [0.2, 0.25) is 10.0 Å². The van der Waals surface area contributed by atoms with Gasteiger partial charge in [-0.25, -0.2) is 13.1 Å². The summed E-state index contributed by atoms with van der Waals surface area (Å²) in [6.07, 6.45) is 2.89. The van der Waals surface area contributed by atoms with E-state index in [2.05, 4.69) is 10.0 Å². The Labute approximate surface area is 138 Å². The lowest BCUT2D eigenvalue weighted by Crippen LogP contribution is -2.34. The molecule has 0 heterocycles. The fourth-order valence-corrected chi connectivity index (χ4v) is 2.31. The monoisotopic (exact) mass is 370 g/mol. The van der Waals surface area contributed by atoms with E-state index in [-0.39, 0.29) is 19.0 Å². The summed E-state index contributed by atoms with van der Waals surface area (Å²) in [5.41, 5.74) is 0.724. The van der Waals surface area contributed by atoms with Gasteiger partial charge in [-0.1, -0.05) is 29.3 Å². The number of carbonyl (C=O) groups excluding carboxylic acids is 1. The van der Waals surface area contributed by atoms with Crippen molar-refractivity contribution in [2.24, 2.45) is 0 Å². The van der Waals surface area contributed by atoms with E-state index >= 15 is 0 Å². The van der Waals surface area contributed by atoms with Gasteiger partial charge >= 0.3 is 0 Å². The zero-order valence-electron chi connectivity index (χ0n) is 10.8. The Hall–Kier alpha value is -0.790. The van der Waals surface area contributed by atoms with Crippen LogP contribution >= 0.6 is 34.8 Å². The van der Waals surface area contributed by atoms with Crippen molar-refractivity contribution >= 4 is 56.8 Å². The van der Waals surface area contributed by atoms with Crippen LogP contribution < -0.4 is 10.0 Å². The normalized spacial score (nSPS) is 11.8. The molecule has 0 aliphatic carbocycles. The van der Waals surface area contributed by atoms with Crippen molar-refractivity contribution in [3.05, 3.63) is 39.9 Å². The predicted octanol–water partition coefficient (Wildman–Crippen LogP) is 2.24. The van der Waals surface area contributed by atoms with Gasteiger partial charge in [0.05, 0.1) is 10.0 Å². The summed E-state index contributed by atoms with van der Waals surface area (Å²) in [5, 5.41) is 2.84. The Kier molecular flexibility index (Phi) is 7.48. The van der Waals surface area contributed by atoms with Gasteiger partial charge in [-0.3, -0.25) is 4.79 Å². The van der Waals surface area contributed by atoms with Crippen molar-refractivity contribution in [1.29, 1.82) is 0 Å². The van der Waals surface area contributed by atoms with E-state index in [0.717, 1.165) is 5.56 Å². The number of rotatable bonds is 7. The summed E-state index contributed by atoms with van der Waals surface area (Å²) in [6.45, 7) is 0.224. The number of sulfonamides is 1. The van der Waals surface area contributed by atoms with Gasteiger partial charge in [-0.15, -0.1) is 11.6 Å². The van der Waals surface area contributed by atoms with Crippen molar-refractivity contribution in [3.63, 3.8) is 0 Å². The highest BCUT2D eigenvalue weighted by Crippen LogP contribution is 2.22. The first-order valence-electron chi connectivity index (χ1n) is 5.78. The van der Waals surface area contributed by atoms with E-state index in [1.807, 2.05) is 0 Å². The van der Waals surface area contributed by atoms with Crippen molar-refractivity contribution in [2.75, 3.05) is 18.3 Å². The summed E-state index contributed by atoms with van der Waals surface area (Å²) < 4.78 is 24.3. The molecular weight excluding hydrogens is 359 g/mol. The number of halogens is 3. The zero-order chi connectivity index (χ0) is 15.9. The maximum Gasteiger partial charge on any atom is 0.244 e. The smallest absolute Gasteiger partial charge is 0.244 e. The lowest BCUT2D eigenvalue weighted by Gasteiger charge is -2.04. The Morgan fingerprint density at radius 2 is 1.90 bits per heavy atom. The second-order valence-corrected chi connectivity index (χ2v) is 7.12. The molecule has 0 saturated heterocycles. The minimum atomic E-state index is -3.46. The van der Waals surface area contributed by atoms with Gasteiger partial charge < -0.3 is 5.32 Å². The summed E-state index contributed by atoms with van der Waals surface area (Å²) in [7, 11) is -3.46. The first-order chi connectivity index (χ1) is 9.84. The molecule has 5 nitrogen and oxygen atoms in total. The van der Waals surface area contributed by atoms with E-state index in [1.54, 1.807) is 24.3 Å². The quantitative estimate of drug-likeness (QED) is 0.438. The summed E-state index contributed by atoms with van der Waals surface area (Å²) in [4.78, 5) is 11.5. The van der Waals surface area contributed by atoms with Gasteiger partial charge in [0.2, 0.25) is 15.9 Å². The van der Waals surface area contributed by atoms with Crippen molar-refractivity contribution in [3.8, 4) is 0 Å². The molecule has 0 unspecified atom stereocenters. The van der Waals surface area contributed by atoms with Crippen LogP contribution in [-0.4, -0.2) is 32.6 Å². The number of amides is 1. The molecule has 9 heteroatoms. The van der Waals surface area contributed by atoms with Crippen molar-refractivity contribution in [2.45, 2.75) is 0 Å². The van der Waals surface area contributed by atoms with E-state index in [4.69, 9.17) is 34.8 Å². The van der Waals surface area contributed by atoms with Gasteiger partial charge in [0.1, 0.15) is 5.21 Å². The second kappa shape index (κ2) is 8.60. The van der Waals surface area contributed by atoms with Crippen molar-refractivity contribution in [1.82, 2.24) is 10.0 Å². The van der Waals surface area contributed by atoms with E-state index < -0.39 is 15.2 Å². The minimum Gasteiger partial charge on any atom is -0.351 e. The van der Waals surface area contributed by atoms with Gasteiger partial charge in [0, 0.05) is 19.2 Å². The lowest BCUT2D eigenvalue weighted by atomic mass is 10.2. The lowest BCUT2D eigenvalue weighted by molar-refractivity contribution is -0.116. The molecule has 1 aromatic rings. The number of nitrogens with one attached hydrogen (secondary N) is 2. The Balaban J connectivity index is 2.40. The maximum atomic E-state index is 11.5. The summed E-state index contributed by atoms with van der Waals surface area (Å²) >= 11 is 16.8. The summed E-state index contributed by atoms with van der Waals surface area (Å²) in [6, 6.07) is 4.97. The molecule has 0 radical (unpaired) electrons. The van der Waals surface area contributed by atoms with Crippen molar-refractivity contribution < 1.29 is 13.2 Å². The minimum absolute atomic E-state index is 0.0708. The Morgan fingerprint density at radius 3 is 2.52 bits per heavy atom. The van der Waals surface area contributed by atoms with Crippen LogP contribution in [0.4, 0.5) is 0 Å². The molecule has 21 heavy (non-hydrogen) atoms.